The normalized spacial score (nSPS) is 16.1. The molecule has 0 N–H and O–H groups in total. The van der Waals surface area contributed by atoms with Crippen LogP contribution in [0.2, 0.25) is 0 Å². The van der Waals surface area contributed by atoms with Gasteiger partial charge < -0.3 is 14.7 Å². The first-order valence-electron chi connectivity index (χ1n) is 8.17. The molecule has 4 atom stereocenters. The average molecular weight is 540 g/mol. The number of esters is 2. The van der Waals surface area contributed by atoms with Crippen LogP contribution in [0.15, 0.2) is 0 Å². The number of hydrogen-bond donors (Lipinski definition) is 0. The maximum absolute atomic E-state index is 13.4. The number of carbonyl (C=O) groups is 2. The number of carbonyl (C=O) groups excluding carboxylic acids is 2. The fourth-order valence-corrected chi connectivity index (χ4v) is 2.28. The summed E-state index contributed by atoms with van der Waals surface area (Å²) >= 11 is -0.261. The number of halogens is 10. The molecular formula is C14H15F10NaO7S. The van der Waals surface area contributed by atoms with E-state index < -0.39 is 79.8 Å². The van der Waals surface area contributed by atoms with Crippen LogP contribution in [0.25, 0.3) is 0 Å². The molecule has 0 amide bonds. The number of hydrogen-bond acceptors (Lipinski definition) is 8. The van der Waals surface area contributed by atoms with Gasteiger partial charge in [0.2, 0.25) is 6.17 Å². The van der Waals surface area contributed by atoms with Gasteiger partial charge in [-0.1, -0.05) is 0 Å². The standard InChI is InChI=1S/C14H16F10O7S.Na/c1-5(9(16)14(23,24)12(19)20)29-8(25)4-6(32-31-30-27)10(26)28-3-2-7(15)13(21,22)11(17)18;/h5-7,9,11-12,27H,2-4H2,1H3;/q;+1/p-1. The van der Waals surface area contributed by atoms with Crippen LogP contribution in [-0.4, -0.2) is 66.9 Å². The third kappa shape index (κ3) is 11.2. The van der Waals surface area contributed by atoms with E-state index in [0.717, 1.165) is 0 Å². The van der Waals surface area contributed by atoms with Crippen molar-refractivity contribution < 1.29 is 107 Å². The van der Waals surface area contributed by atoms with Crippen molar-refractivity contribution in [2.24, 2.45) is 0 Å². The zero-order valence-electron chi connectivity index (χ0n) is 16.6. The largest absolute Gasteiger partial charge is 1.00 e. The number of ether oxygens (including phenoxy) is 2. The van der Waals surface area contributed by atoms with Gasteiger partial charge in [0.05, 0.1) is 13.0 Å². The quantitative estimate of drug-likeness (QED) is 0.0714. The van der Waals surface area contributed by atoms with Crippen LogP contribution in [0.1, 0.15) is 19.8 Å². The molecule has 4 unspecified atom stereocenters. The van der Waals surface area contributed by atoms with Crippen molar-refractivity contribution in [1.29, 1.82) is 0 Å². The molecule has 0 saturated heterocycles. The van der Waals surface area contributed by atoms with E-state index >= 15 is 0 Å². The minimum absolute atomic E-state index is 0. The maximum atomic E-state index is 13.4. The van der Waals surface area contributed by atoms with Crippen molar-refractivity contribution in [3.05, 3.63) is 0 Å². The number of rotatable bonds is 15. The van der Waals surface area contributed by atoms with Crippen LogP contribution in [0, 0.1) is 0 Å². The van der Waals surface area contributed by atoms with Crippen LogP contribution >= 0.6 is 12.0 Å². The summed E-state index contributed by atoms with van der Waals surface area (Å²) in [6.45, 7) is -0.725. The molecule has 190 valence electrons. The van der Waals surface area contributed by atoms with E-state index in [1.54, 1.807) is 0 Å². The Morgan fingerprint density at radius 1 is 0.970 bits per heavy atom. The topological polar surface area (TPSA) is 94.1 Å². The van der Waals surface area contributed by atoms with E-state index in [1.165, 1.54) is 0 Å². The predicted molar refractivity (Wildman–Crippen MR) is 81.0 cm³/mol. The van der Waals surface area contributed by atoms with Gasteiger partial charge >= 0.3 is 66.2 Å². The molecule has 0 aromatic rings. The molecule has 0 aliphatic carbocycles. The summed E-state index contributed by atoms with van der Waals surface area (Å²) in [7, 11) is 0. The first-order chi connectivity index (χ1) is 14.6. The van der Waals surface area contributed by atoms with Gasteiger partial charge in [0.1, 0.15) is 11.4 Å². The van der Waals surface area contributed by atoms with Crippen LogP contribution in [0.4, 0.5) is 43.9 Å². The second-order valence-corrected chi connectivity index (χ2v) is 6.79. The summed E-state index contributed by atoms with van der Waals surface area (Å²) in [6, 6.07) is 0. The van der Waals surface area contributed by atoms with Crippen molar-refractivity contribution in [1.82, 2.24) is 0 Å². The third-order valence-corrected chi connectivity index (χ3v) is 4.24. The minimum atomic E-state index is -5.19. The molecule has 0 heterocycles. The Bertz CT molecular complexity index is 605. The Morgan fingerprint density at radius 2 is 1.48 bits per heavy atom. The summed E-state index contributed by atoms with van der Waals surface area (Å²) in [5, 5.41) is 10.8. The van der Waals surface area contributed by atoms with Crippen LogP contribution < -0.4 is 34.8 Å². The van der Waals surface area contributed by atoms with Crippen molar-refractivity contribution in [3.63, 3.8) is 0 Å². The van der Waals surface area contributed by atoms with Crippen molar-refractivity contribution >= 4 is 24.0 Å². The maximum Gasteiger partial charge on any atom is 1.00 e. The van der Waals surface area contributed by atoms with Gasteiger partial charge in [0, 0.05) is 18.5 Å². The Morgan fingerprint density at radius 3 is 1.94 bits per heavy atom. The van der Waals surface area contributed by atoms with Crippen molar-refractivity contribution in [3.8, 4) is 0 Å². The van der Waals surface area contributed by atoms with Gasteiger partial charge in [-0.3, -0.25) is 14.6 Å². The van der Waals surface area contributed by atoms with Crippen LogP contribution in [0.5, 0.6) is 0 Å². The van der Waals surface area contributed by atoms with Gasteiger partial charge in [-0.25, -0.2) is 26.3 Å². The molecule has 0 aromatic carbocycles. The monoisotopic (exact) mass is 540 g/mol. The fourth-order valence-electron chi connectivity index (χ4n) is 1.81. The molecule has 0 rings (SSSR count). The summed E-state index contributed by atoms with van der Waals surface area (Å²) in [5.41, 5.74) is 0. The van der Waals surface area contributed by atoms with E-state index in [1.807, 2.05) is 0 Å². The van der Waals surface area contributed by atoms with Crippen LogP contribution in [-0.2, 0) is 28.4 Å². The van der Waals surface area contributed by atoms with Gasteiger partial charge in [0.15, 0.2) is 6.17 Å². The van der Waals surface area contributed by atoms with E-state index in [9.17, 15) is 58.8 Å². The summed E-state index contributed by atoms with van der Waals surface area (Å²) in [5.74, 6) is -13.5. The van der Waals surface area contributed by atoms with E-state index in [4.69, 9.17) is 0 Å². The molecule has 33 heavy (non-hydrogen) atoms. The van der Waals surface area contributed by atoms with Gasteiger partial charge in [-0.2, -0.15) is 21.9 Å². The van der Waals surface area contributed by atoms with Crippen LogP contribution in [0.3, 0.4) is 0 Å². The molecule has 0 aliphatic rings. The molecule has 0 bridgehead atoms. The Balaban J connectivity index is 0. The average Bonchev–Trinajstić information content (AvgIpc) is 2.69. The third-order valence-electron chi connectivity index (χ3n) is 3.51. The van der Waals surface area contributed by atoms with Gasteiger partial charge in [0.25, 0.3) is 0 Å². The van der Waals surface area contributed by atoms with E-state index in [0.29, 0.717) is 6.92 Å². The summed E-state index contributed by atoms with van der Waals surface area (Å²) in [6.07, 6.45) is -20.9. The minimum Gasteiger partial charge on any atom is -0.691 e. The first kappa shape index (κ1) is 34.6. The second kappa shape index (κ2) is 15.5. The molecule has 0 saturated carbocycles. The van der Waals surface area contributed by atoms with E-state index in [-0.39, 0.29) is 41.6 Å². The van der Waals surface area contributed by atoms with Crippen molar-refractivity contribution in [2.45, 2.75) is 68.2 Å². The van der Waals surface area contributed by atoms with Gasteiger partial charge in [-0.05, 0) is 6.92 Å². The first-order valence-corrected chi connectivity index (χ1v) is 8.97. The zero-order valence-corrected chi connectivity index (χ0v) is 19.4. The van der Waals surface area contributed by atoms with Crippen molar-refractivity contribution in [2.75, 3.05) is 6.61 Å². The van der Waals surface area contributed by atoms with E-state index in [2.05, 4.69) is 18.8 Å². The summed E-state index contributed by atoms with van der Waals surface area (Å²) < 4.78 is 138. The molecular weight excluding hydrogens is 525 g/mol. The Hall–Kier alpha value is -0.530. The molecule has 19 heteroatoms. The molecule has 0 radical (unpaired) electrons. The zero-order chi connectivity index (χ0) is 25.3. The van der Waals surface area contributed by atoms with Gasteiger partial charge in [-0.15, -0.1) is 0 Å². The Kier molecular flexibility index (Phi) is 16.2. The predicted octanol–water partition coefficient (Wildman–Crippen LogP) is -0.0372. The second-order valence-electron chi connectivity index (χ2n) is 5.90. The molecule has 0 aliphatic heterocycles. The SMILES string of the molecule is CC(OC(=O)CC(SOO[O-])C(=O)OCCC(F)C(F)(F)C(F)F)C(F)C(F)(F)C(F)F.[Na+]. The molecule has 0 spiro atoms. The summed E-state index contributed by atoms with van der Waals surface area (Å²) in [4.78, 5) is 23.4. The smallest absolute Gasteiger partial charge is 0.691 e. The number of alkyl halides is 10. The fraction of sp³-hybridized carbons (Fsp3) is 0.857. The molecule has 0 fully saturated rings. The molecule has 0 aromatic heterocycles. The Labute approximate surface area is 205 Å². The molecule has 7 nitrogen and oxygen atoms in total.